The van der Waals surface area contributed by atoms with Crippen LogP contribution in [0.5, 0.6) is 0 Å². The fraction of sp³-hybridized carbons (Fsp3) is 0.857. The van der Waals surface area contributed by atoms with Crippen LogP contribution in [0.4, 0.5) is 4.79 Å². The van der Waals surface area contributed by atoms with Crippen molar-refractivity contribution in [3.8, 4) is 0 Å². The van der Waals surface area contributed by atoms with Crippen molar-refractivity contribution in [2.24, 2.45) is 5.92 Å². The summed E-state index contributed by atoms with van der Waals surface area (Å²) in [5.41, 5.74) is 0. The fourth-order valence-electron chi connectivity index (χ4n) is 3.02. The molecule has 2 saturated heterocycles. The lowest BCUT2D eigenvalue weighted by Crippen LogP contribution is -2.45. The van der Waals surface area contributed by atoms with E-state index in [0.717, 1.165) is 32.6 Å². The van der Waals surface area contributed by atoms with Crippen molar-refractivity contribution in [1.29, 1.82) is 0 Å². The quantitative estimate of drug-likeness (QED) is 0.806. The minimum Gasteiger partial charge on any atom is -0.481 e. The number of hydrogen-bond acceptors (Lipinski definition) is 3. The van der Waals surface area contributed by atoms with Crippen LogP contribution in [0.2, 0.25) is 0 Å². The largest absolute Gasteiger partial charge is 0.481 e. The van der Waals surface area contributed by atoms with Gasteiger partial charge in [-0.1, -0.05) is 6.92 Å². The number of hydrogen-bond donors (Lipinski definition) is 2. The molecule has 2 fully saturated rings. The third-order valence-corrected chi connectivity index (χ3v) is 4.37. The Kier molecular flexibility index (Phi) is 5.23. The molecule has 6 heteroatoms. The van der Waals surface area contributed by atoms with Gasteiger partial charge in [0.15, 0.2) is 0 Å². The van der Waals surface area contributed by atoms with Crippen LogP contribution in [0.25, 0.3) is 0 Å². The molecule has 0 aromatic carbocycles. The molecule has 6 nitrogen and oxygen atoms in total. The van der Waals surface area contributed by atoms with Crippen LogP contribution in [-0.4, -0.2) is 65.7 Å². The lowest BCUT2D eigenvalue weighted by Gasteiger charge is -2.26. The Morgan fingerprint density at radius 1 is 1.30 bits per heavy atom. The van der Waals surface area contributed by atoms with Crippen molar-refractivity contribution in [3.63, 3.8) is 0 Å². The molecule has 2 amide bonds. The van der Waals surface area contributed by atoms with Gasteiger partial charge in [-0.15, -0.1) is 0 Å². The topological polar surface area (TPSA) is 72.9 Å². The molecular weight excluding hydrogens is 258 g/mol. The Labute approximate surface area is 120 Å². The van der Waals surface area contributed by atoms with Crippen LogP contribution >= 0.6 is 0 Å². The van der Waals surface area contributed by atoms with Crippen molar-refractivity contribution >= 4 is 12.0 Å². The third kappa shape index (κ3) is 3.85. The molecule has 2 atom stereocenters. The summed E-state index contributed by atoms with van der Waals surface area (Å²) in [7, 11) is 0. The zero-order valence-electron chi connectivity index (χ0n) is 12.2. The lowest BCUT2D eigenvalue weighted by molar-refractivity contribution is -0.141. The second-order valence-electron chi connectivity index (χ2n) is 5.89. The number of carboxylic acids is 1. The number of carbonyl (C=O) groups excluding carboxylic acids is 1. The Morgan fingerprint density at radius 3 is 2.80 bits per heavy atom. The van der Waals surface area contributed by atoms with Gasteiger partial charge in [-0.3, -0.25) is 9.69 Å². The molecule has 2 aliphatic rings. The zero-order valence-corrected chi connectivity index (χ0v) is 12.2. The number of carboxylic acid groups (broad SMARTS) is 1. The van der Waals surface area contributed by atoms with Crippen molar-refractivity contribution in [2.75, 3.05) is 32.7 Å². The van der Waals surface area contributed by atoms with E-state index in [-0.39, 0.29) is 6.03 Å². The van der Waals surface area contributed by atoms with E-state index in [0.29, 0.717) is 19.0 Å². The summed E-state index contributed by atoms with van der Waals surface area (Å²) in [6, 6.07) is 0.470. The lowest BCUT2D eigenvalue weighted by atomic mass is 10.1. The molecular formula is C14H25N3O3. The number of nitrogens with one attached hydrogen (secondary N) is 1. The van der Waals surface area contributed by atoms with Crippen LogP contribution in [0.15, 0.2) is 0 Å². The average Bonchev–Trinajstić information content (AvgIpc) is 2.75. The first-order chi connectivity index (χ1) is 9.58. The van der Waals surface area contributed by atoms with Gasteiger partial charge in [-0.05, 0) is 32.2 Å². The summed E-state index contributed by atoms with van der Waals surface area (Å²) >= 11 is 0. The molecule has 114 valence electrons. The number of amides is 2. The van der Waals surface area contributed by atoms with Gasteiger partial charge in [-0.25, -0.2) is 4.79 Å². The molecule has 0 bridgehead atoms. The first-order valence-corrected chi connectivity index (χ1v) is 7.57. The van der Waals surface area contributed by atoms with Crippen LogP contribution in [0.1, 0.15) is 32.6 Å². The Bertz CT molecular complexity index is 362. The first-order valence-electron chi connectivity index (χ1n) is 7.57. The van der Waals surface area contributed by atoms with E-state index in [1.807, 2.05) is 4.90 Å². The number of carbonyl (C=O) groups is 2. The van der Waals surface area contributed by atoms with Crippen molar-refractivity contribution in [3.05, 3.63) is 0 Å². The highest BCUT2D eigenvalue weighted by atomic mass is 16.4. The molecule has 0 spiro atoms. The van der Waals surface area contributed by atoms with Gasteiger partial charge in [0.05, 0.1) is 5.92 Å². The predicted molar refractivity (Wildman–Crippen MR) is 75.6 cm³/mol. The molecule has 0 saturated carbocycles. The van der Waals surface area contributed by atoms with Crippen LogP contribution in [0.3, 0.4) is 0 Å². The predicted octanol–water partition coefficient (Wildman–Crippen LogP) is 0.977. The molecule has 2 heterocycles. The summed E-state index contributed by atoms with van der Waals surface area (Å²) in [6.45, 7) is 5.95. The summed E-state index contributed by atoms with van der Waals surface area (Å²) in [4.78, 5) is 27.2. The number of urea groups is 1. The minimum atomic E-state index is -0.810. The second-order valence-corrected chi connectivity index (χ2v) is 5.89. The molecule has 2 N–H and O–H groups in total. The number of fused-ring (bicyclic) bond motifs is 1. The van der Waals surface area contributed by atoms with E-state index in [1.165, 1.54) is 12.8 Å². The Morgan fingerprint density at radius 2 is 2.05 bits per heavy atom. The van der Waals surface area contributed by atoms with Gasteiger partial charge in [0.25, 0.3) is 0 Å². The van der Waals surface area contributed by atoms with Crippen molar-refractivity contribution in [1.82, 2.24) is 15.1 Å². The average molecular weight is 283 g/mol. The van der Waals surface area contributed by atoms with E-state index in [2.05, 4.69) is 10.2 Å². The second kappa shape index (κ2) is 6.92. The standard InChI is InChI=1S/C14H25N3O3/c1-11(13(18)19)5-6-15-14(20)17-9-3-8-16-7-2-4-12(16)10-17/h11-12H,2-10H2,1H3,(H,15,20)(H,18,19). The maximum atomic E-state index is 12.1. The van der Waals surface area contributed by atoms with E-state index < -0.39 is 11.9 Å². The van der Waals surface area contributed by atoms with E-state index in [9.17, 15) is 9.59 Å². The van der Waals surface area contributed by atoms with Crippen molar-refractivity contribution in [2.45, 2.75) is 38.6 Å². The molecule has 0 radical (unpaired) electrons. The molecule has 0 aromatic heterocycles. The third-order valence-electron chi connectivity index (χ3n) is 4.37. The molecule has 20 heavy (non-hydrogen) atoms. The summed E-state index contributed by atoms with van der Waals surface area (Å²) in [5.74, 6) is -1.22. The monoisotopic (exact) mass is 283 g/mol. The zero-order chi connectivity index (χ0) is 14.5. The van der Waals surface area contributed by atoms with Crippen LogP contribution in [0, 0.1) is 5.92 Å². The van der Waals surface area contributed by atoms with Gasteiger partial charge in [0.2, 0.25) is 0 Å². The highest BCUT2D eigenvalue weighted by molar-refractivity contribution is 5.74. The van der Waals surface area contributed by atoms with Gasteiger partial charge < -0.3 is 15.3 Å². The summed E-state index contributed by atoms with van der Waals surface area (Å²) in [5, 5.41) is 11.7. The van der Waals surface area contributed by atoms with Gasteiger partial charge in [0.1, 0.15) is 0 Å². The van der Waals surface area contributed by atoms with E-state index in [1.54, 1.807) is 6.92 Å². The fourth-order valence-corrected chi connectivity index (χ4v) is 3.02. The SMILES string of the molecule is CC(CCNC(=O)N1CCCN2CCCC2C1)C(=O)O. The molecule has 2 aliphatic heterocycles. The maximum absolute atomic E-state index is 12.1. The molecule has 2 rings (SSSR count). The van der Waals surface area contributed by atoms with Gasteiger partial charge in [0, 0.05) is 32.2 Å². The van der Waals surface area contributed by atoms with Crippen LogP contribution < -0.4 is 5.32 Å². The normalized spacial score (nSPS) is 24.9. The van der Waals surface area contributed by atoms with Crippen molar-refractivity contribution < 1.29 is 14.7 Å². The minimum absolute atomic E-state index is 0.0451. The first kappa shape index (κ1) is 15.1. The number of aliphatic carboxylic acids is 1. The van der Waals surface area contributed by atoms with Gasteiger partial charge >= 0.3 is 12.0 Å². The summed E-state index contributed by atoms with van der Waals surface area (Å²) < 4.78 is 0. The Balaban J connectivity index is 1.75. The highest BCUT2D eigenvalue weighted by Crippen LogP contribution is 2.21. The molecule has 2 unspecified atom stereocenters. The summed E-state index contributed by atoms with van der Waals surface area (Å²) in [6.07, 6.45) is 3.91. The molecule has 0 aromatic rings. The number of rotatable bonds is 4. The molecule has 0 aliphatic carbocycles. The highest BCUT2D eigenvalue weighted by Gasteiger charge is 2.30. The Hall–Kier alpha value is -1.30. The number of nitrogens with zero attached hydrogens (tertiary/aromatic N) is 2. The van der Waals surface area contributed by atoms with Gasteiger partial charge in [-0.2, -0.15) is 0 Å². The smallest absolute Gasteiger partial charge is 0.317 e. The maximum Gasteiger partial charge on any atom is 0.317 e. The van der Waals surface area contributed by atoms with Crippen LogP contribution in [-0.2, 0) is 4.79 Å². The van der Waals surface area contributed by atoms with E-state index >= 15 is 0 Å². The van der Waals surface area contributed by atoms with E-state index in [4.69, 9.17) is 5.11 Å².